The Kier molecular flexibility index (Phi) is 5.20. The van der Waals surface area contributed by atoms with E-state index in [0.29, 0.717) is 5.92 Å². The monoisotopic (exact) mass is 343 g/mol. The first-order valence-corrected chi connectivity index (χ1v) is 9.40. The topological polar surface area (TPSA) is 85.6 Å². The van der Waals surface area contributed by atoms with Gasteiger partial charge in [-0.3, -0.25) is 0 Å². The van der Waals surface area contributed by atoms with Crippen molar-refractivity contribution in [3.05, 3.63) is 17.9 Å². The minimum atomic E-state index is -3.80. The molecule has 1 aromatic heterocycles. The van der Waals surface area contributed by atoms with E-state index >= 15 is 0 Å². The first-order valence-electron chi connectivity index (χ1n) is 7.91. The fourth-order valence-corrected chi connectivity index (χ4v) is 4.08. The van der Waals surface area contributed by atoms with Crippen LogP contribution in [0, 0.1) is 5.92 Å². The summed E-state index contributed by atoms with van der Waals surface area (Å²) in [5.74, 6) is -0.163. The van der Waals surface area contributed by atoms with E-state index in [9.17, 15) is 13.2 Å². The Labute approximate surface area is 137 Å². The second-order valence-electron chi connectivity index (χ2n) is 7.27. The van der Waals surface area contributed by atoms with Gasteiger partial charge < -0.3 is 9.15 Å². The van der Waals surface area contributed by atoms with Gasteiger partial charge in [0.15, 0.2) is 0 Å². The quantitative estimate of drug-likeness (QED) is 0.849. The Morgan fingerprint density at radius 1 is 1.30 bits per heavy atom. The van der Waals surface area contributed by atoms with Crippen molar-refractivity contribution in [1.82, 2.24) is 4.72 Å². The van der Waals surface area contributed by atoms with Gasteiger partial charge in [0.25, 0.3) is 10.0 Å². The third kappa shape index (κ3) is 5.07. The molecule has 1 aliphatic rings. The predicted molar refractivity (Wildman–Crippen MR) is 85.6 cm³/mol. The largest absolute Gasteiger partial charge is 0.457 e. The lowest BCUT2D eigenvalue weighted by Crippen LogP contribution is -2.40. The summed E-state index contributed by atoms with van der Waals surface area (Å²) in [7, 11) is -3.80. The molecule has 0 bridgehead atoms. The van der Waals surface area contributed by atoms with Crippen LogP contribution in [0.5, 0.6) is 0 Å². The molecule has 0 saturated heterocycles. The summed E-state index contributed by atoms with van der Waals surface area (Å²) < 4.78 is 37.4. The highest BCUT2D eigenvalue weighted by molar-refractivity contribution is 7.89. The Balaban J connectivity index is 2.05. The van der Waals surface area contributed by atoms with Crippen LogP contribution in [0.2, 0.25) is 0 Å². The molecule has 2 atom stereocenters. The summed E-state index contributed by atoms with van der Waals surface area (Å²) in [4.78, 5) is 12.1. The van der Waals surface area contributed by atoms with Crippen LogP contribution >= 0.6 is 0 Å². The van der Waals surface area contributed by atoms with Gasteiger partial charge in [0.1, 0.15) is 6.10 Å². The summed E-state index contributed by atoms with van der Waals surface area (Å²) in [5.41, 5.74) is -0.634. The molecule has 2 unspecified atom stereocenters. The number of carbonyl (C=O) groups excluding carboxylic acids is 1. The summed E-state index contributed by atoms with van der Waals surface area (Å²) in [6, 6.07) is 2.61. The SMILES string of the molecule is CC1CCCC(OC(=O)c2ccc(S(=O)(=O)NC(C)(C)C)o2)C1. The maximum Gasteiger partial charge on any atom is 0.374 e. The fraction of sp³-hybridized carbons (Fsp3) is 0.688. The maximum atomic E-state index is 12.2. The average molecular weight is 343 g/mol. The van der Waals surface area contributed by atoms with E-state index in [1.807, 2.05) is 0 Å². The van der Waals surface area contributed by atoms with Crippen LogP contribution in [0.1, 0.15) is 63.9 Å². The highest BCUT2D eigenvalue weighted by Gasteiger charge is 2.28. The number of nitrogens with one attached hydrogen (secondary N) is 1. The van der Waals surface area contributed by atoms with Crippen molar-refractivity contribution < 1.29 is 22.4 Å². The van der Waals surface area contributed by atoms with Gasteiger partial charge in [-0.05, 0) is 58.1 Å². The third-order valence-corrected chi connectivity index (χ3v) is 5.28. The molecule has 1 aromatic rings. The molecular formula is C16H25NO5S. The molecule has 0 amide bonds. The lowest BCUT2D eigenvalue weighted by Gasteiger charge is -2.26. The minimum absolute atomic E-state index is 0.0856. The smallest absolute Gasteiger partial charge is 0.374 e. The van der Waals surface area contributed by atoms with E-state index in [4.69, 9.17) is 9.15 Å². The molecule has 1 heterocycles. The number of furan rings is 1. The van der Waals surface area contributed by atoms with Crippen LogP contribution in [0.25, 0.3) is 0 Å². The minimum Gasteiger partial charge on any atom is -0.457 e. The Morgan fingerprint density at radius 3 is 2.61 bits per heavy atom. The first-order chi connectivity index (χ1) is 10.6. The number of ether oxygens (including phenoxy) is 1. The molecule has 1 N–H and O–H groups in total. The summed E-state index contributed by atoms with van der Waals surface area (Å²) in [6.07, 6.45) is 3.74. The molecule has 2 rings (SSSR count). The van der Waals surface area contributed by atoms with Gasteiger partial charge in [0.05, 0.1) is 0 Å². The molecule has 6 nitrogen and oxygen atoms in total. The van der Waals surface area contributed by atoms with Crippen LogP contribution in [-0.2, 0) is 14.8 Å². The highest BCUT2D eigenvalue weighted by Crippen LogP contribution is 2.27. The Morgan fingerprint density at radius 2 is 2.00 bits per heavy atom. The van der Waals surface area contributed by atoms with Gasteiger partial charge in [0, 0.05) is 5.54 Å². The number of hydrogen-bond donors (Lipinski definition) is 1. The molecule has 0 radical (unpaired) electrons. The second kappa shape index (κ2) is 6.65. The van der Waals surface area contributed by atoms with Crippen LogP contribution in [-0.4, -0.2) is 26.0 Å². The van der Waals surface area contributed by atoms with Gasteiger partial charge in [-0.1, -0.05) is 13.3 Å². The van der Waals surface area contributed by atoms with Gasteiger partial charge in [-0.25, -0.2) is 17.9 Å². The third-order valence-electron chi connectivity index (χ3n) is 3.65. The van der Waals surface area contributed by atoms with Crippen molar-refractivity contribution in [3.8, 4) is 0 Å². The lowest BCUT2D eigenvalue weighted by atomic mass is 9.89. The molecule has 1 fully saturated rings. The first kappa shape index (κ1) is 18.0. The zero-order valence-corrected chi connectivity index (χ0v) is 14.9. The van der Waals surface area contributed by atoms with Crippen molar-refractivity contribution in [2.45, 2.75) is 70.1 Å². The van der Waals surface area contributed by atoms with E-state index in [-0.39, 0.29) is 17.0 Å². The Hall–Kier alpha value is -1.34. The van der Waals surface area contributed by atoms with E-state index in [1.165, 1.54) is 12.1 Å². The van der Waals surface area contributed by atoms with Crippen molar-refractivity contribution in [3.63, 3.8) is 0 Å². The molecule has 7 heteroatoms. The molecule has 23 heavy (non-hydrogen) atoms. The summed E-state index contributed by atoms with van der Waals surface area (Å²) in [6.45, 7) is 7.32. The standard InChI is InChI=1S/C16H25NO5S/c1-11-6-5-7-12(10-11)21-15(18)13-8-9-14(22-13)23(19,20)17-16(2,3)4/h8-9,11-12,17H,5-7,10H2,1-4H3. The molecular weight excluding hydrogens is 318 g/mol. The highest BCUT2D eigenvalue weighted by atomic mass is 32.2. The van der Waals surface area contributed by atoms with E-state index in [1.54, 1.807) is 20.8 Å². The normalized spacial score (nSPS) is 22.8. The van der Waals surface area contributed by atoms with Crippen LogP contribution in [0.15, 0.2) is 21.6 Å². The van der Waals surface area contributed by atoms with Gasteiger partial charge in [0.2, 0.25) is 10.9 Å². The molecule has 1 saturated carbocycles. The molecule has 0 aliphatic heterocycles. The Bertz CT molecular complexity index is 656. The van der Waals surface area contributed by atoms with Gasteiger partial charge in [-0.2, -0.15) is 0 Å². The van der Waals surface area contributed by atoms with E-state index in [2.05, 4.69) is 11.6 Å². The zero-order chi connectivity index (χ0) is 17.3. The summed E-state index contributed by atoms with van der Waals surface area (Å²) in [5, 5.41) is -0.281. The predicted octanol–water partition coefficient (Wildman–Crippen LogP) is 3.09. The average Bonchev–Trinajstić information content (AvgIpc) is 2.86. The number of sulfonamides is 1. The summed E-state index contributed by atoms with van der Waals surface area (Å²) >= 11 is 0. The van der Waals surface area contributed by atoms with Crippen LogP contribution < -0.4 is 4.72 Å². The lowest BCUT2D eigenvalue weighted by molar-refractivity contribution is 0.0117. The van der Waals surface area contributed by atoms with E-state index in [0.717, 1.165) is 25.7 Å². The zero-order valence-electron chi connectivity index (χ0n) is 14.1. The van der Waals surface area contributed by atoms with E-state index < -0.39 is 21.5 Å². The molecule has 0 aromatic carbocycles. The van der Waals surface area contributed by atoms with Crippen LogP contribution in [0.4, 0.5) is 0 Å². The van der Waals surface area contributed by atoms with Gasteiger partial charge in [-0.15, -0.1) is 0 Å². The van der Waals surface area contributed by atoms with Crippen molar-refractivity contribution in [1.29, 1.82) is 0 Å². The number of rotatable bonds is 4. The number of hydrogen-bond acceptors (Lipinski definition) is 5. The molecule has 130 valence electrons. The number of carbonyl (C=O) groups is 1. The molecule has 1 aliphatic carbocycles. The second-order valence-corrected chi connectivity index (χ2v) is 8.89. The van der Waals surface area contributed by atoms with Crippen molar-refractivity contribution >= 4 is 16.0 Å². The van der Waals surface area contributed by atoms with Crippen molar-refractivity contribution in [2.24, 2.45) is 5.92 Å². The maximum absolute atomic E-state index is 12.2. The van der Waals surface area contributed by atoms with Crippen LogP contribution in [0.3, 0.4) is 0 Å². The van der Waals surface area contributed by atoms with Crippen molar-refractivity contribution in [2.75, 3.05) is 0 Å². The molecule has 0 spiro atoms. The van der Waals surface area contributed by atoms with Gasteiger partial charge >= 0.3 is 5.97 Å². The number of esters is 1. The fourth-order valence-electron chi connectivity index (χ4n) is 2.72.